The largest absolute Gasteiger partial charge is 0.451 e. The van der Waals surface area contributed by atoms with E-state index in [2.05, 4.69) is 21.3 Å². The zero-order valence-electron chi connectivity index (χ0n) is 26.8. The molecular formula is C40H26F4N4O4. The first-order chi connectivity index (χ1) is 25.2. The first-order valence-electron chi connectivity index (χ1n) is 15.8. The Morgan fingerprint density at radius 3 is 1.06 bits per heavy atom. The molecule has 52 heavy (non-hydrogen) atoms. The van der Waals surface area contributed by atoms with E-state index in [1.54, 1.807) is 12.1 Å². The van der Waals surface area contributed by atoms with Gasteiger partial charge in [0.25, 0.3) is 0 Å². The van der Waals surface area contributed by atoms with Gasteiger partial charge in [0.1, 0.15) is 11.5 Å². The van der Waals surface area contributed by atoms with Crippen molar-refractivity contribution in [3.05, 3.63) is 157 Å². The van der Waals surface area contributed by atoms with Crippen LogP contribution in [0.5, 0.6) is 23.0 Å². The Morgan fingerprint density at radius 1 is 0.385 bits per heavy atom. The molecule has 7 aromatic rings. The lowest BCUT2D eigenvalue weighted by Crippen LogP contribution is -2.19. The maximum absolute atomic E-state index is 15.0. The molecule has 4 amide bonds. The Labute approximate surface area is 293 Å². The van der Waals surface area contributed by atoms with Crippen molar-refractivity contribution in [2.75, 3.05) is 21.3 Å². The number of carbonyl (C=O) groups excluding carboxylic acids is 2. The van der Waals surface area contributed by atoms with Gasteiger partial charge in [-0.1, -0.05) is 60.7 Å². The first-order valence-corrected chi connectivity index (χ1v) is 15.8. The average Bonchev–Trinajstić information content (AvgIpc) is 3.15. The van der Waals surface area contributed by atoms with Crippen LogP contribution in [0.25, 0.3) is 21.5 Å². The molecule has 0 aliphatic heterocycles. The van der Waals surface area contributed by atoms with Gasteiger partial charge in [-0.25, -0.2) is 9.59 Å². The van der Waals surface area contributed by atoms with Gasteiger partial charge in [0.2, 0.25) is 34.8 Å². The van der Waals surface area contributed by atoms with E-state index >= 15 is 17.6 Å². The van der Waals surface area contributed by atoms with Crippen LogP contribution in [0, 0.1) is 23.3 Å². The summed E-state index contributed by atoms with van der Waals surface area (Å²) < 4.78 is 70.4. The molecule has 7 aromatic carbocycles. The van der Waals surface area contributed by atoms with Crippen LogP contribution in [0.3, 0.4) is 0 Å². The molecule has 0 bridgehead atoms. The molecule has 0 aliphatic carbocycles. The quantitative estimate of drug-likeness (QED) is 0.0935. The monoisotopic (exact) mass is 702 g/mol. The fraction of sp³-hybridized carbons (Fsp3) is 0. The smallest absolute Gasteiger partial charge is 0.323 e. The number of fused-ring (bicyclic) bond motifs is 2. The SMILES string of the molecule is O=C(Nc1ccc(Oc2c(F)c(F)c(Oc3ccc(NC(=O)Nc4ccc5ccccc5c4)cc3)c(F)c2F)cc1)Nc1ccc2ccccc2c1. The number of rotatable bonds is 8. The van der Waals surface area contributed by atoms with Crippen molar-refractivity contribution >= 4 is 56.4 Å². The maximum atomic E-state index is 15.0. The van der Waals surface area contributed by atoms with Crippen LogP contribution in [0.15, 0.2) is 133 Å². The molecule has 7 rings (SSSR count). The van der Waals surface area contributed by atoms with Gasteiger partial charge in [-0.15, -0.1) is 0 Å². The number of hydrogen-bond acceptors (Lipinski definition) is 4. The molecule has 0 unspecified atom stereocenters. The molecule has 0 spiro atoms. The first kappa shape index (κ1) is 33.4. The van der Waals surface area contributed by atoms with Crippen molar-refractivity contribution in [1.29, 1.82) is 0 Å². The molecule has 12 heteroatoms. The normalized spacial score (nSPS) is 10.8. The molecule has 0 saturated heterocycles. The van der Waals surface area contributed by atoms with Gasteiger partial charge in [-0.3, -0.25) is 0 Å². The lowest BCUT2D eigenvalue weighted by molar-refractivity contribution is 0.261. The fourth-order valence-electron chi connectivity index (χ4n) is 5.34. The Morgan fingerprint density at radius 2 is 0.692 bits per heavy atom. The van der Waals surface area contributed by atoms with Crippen LogP contribution in [0.2, 0.25) is 0 Å². The summed E-state index contributed by atoms with van der Waals surface area (Å²) in [5.74, 6) is -10.3. The van der Waals surface area contributed by atoms with Crippen LogP contribution < -0.4 is 30.7 Å². The highest BCUT2D eigenvalue weighted by atomic mass is 19.2. The van der Waals surface area contributed by atoms with E-state index in [-0.39, 0.29) is 11.5 Å². The summed E-state index contributed by atoms with van der Waals surface area (Å²) in [6, 6.07) is 35.6. The third-order valence-electron chi connectivity index (χ3n) is 7.86. The standard InChI is InChI=1S/C40H26F4N4O4/c41-33-35(43)38(52-32-19-15-28(16-20-32)46-40(50)48-30-12-10-24-6-2-4-8-26(24)22-30)36(44)34(42)37(33)51-31-17-13-27(14-18-31)45-39(49)47-29-11-9-23-5-1-3-7-25(23)21-29/h1-22H,(H2,45,47,49)(H2,46,48,50). The lowest BCUT2D eigenvalue weighted by Gasteiger charge is -2.14. The Bertz CT molecular complexity index is 2260. The molecule has 0 radical (unpaired) electrons. The van der Waals surface area contributed by atoms with Crippen molar-refractivity contribution in [3.63, 3.8) is 0 Å². The predicted molar refractivity (Wildman–Crippen MR) is 192 cm³/mol. The third kappa shape index (κ3) is 7.41. The highest BCUT2D eigenvalue weighted by molar-refractivity contribution is 6.02. The summed E-state index contributed by atoms with van der Waals surface area (Å²) in [6.45, 7) is 0. The molecule has 0 fully saturated rings. The molecule has 8 nitrogen and oxygen atoms in total. The molecule has 0 atom stereocenters. The van der Waals surface area contributed by atoms with Crippen molar-refractivity contribution in [2.45, 2.75) is 0 Å². The maximum Gasteiger partial charge on any atom is 0.323 e. The van der Waals surface area contributed by atoms with Gasteiger partial charge < -0.3 is 30.7 Å². The summed E-state index contributed by atoms with van der Waals surface area (Å²) in [5, 5.41) is 14.6. The number of amides is 4. The van der Waals surface area contributed by atoms with E-state index in [1.165, 1.54) is 48.5 Å². The van der Waals surface area contributed by atoms with Crippen molar-refractivity contribution < 1.29 is 36.6 Å². The molecule has 0 aromatic heterocycles. The van der Waals surface area contributed by atoms with Crippen LogP contribution >= 0.6 is 0 Å². The minimum atomic E-state index is -1.82. The van der Waals surface area contributed by atoms with E-state index in [9.17, 15) is 9.59 Å². The summed E-state index contributed by atoms with van der Waals surface area (Å²) in [5.41, 5.74) is 1.73. The number of hydrogen-bond donors (Lipinski definition) is 4. The minimum absolute atomic E-state index is 0.168. The Hall–Kier alpha value is -7.08. The van der Waals surface area contributed by atoms with Gasteiger partial charge in [0.15, 0.2) is 0 Å². The van der Waals surface area contributed by atoms with Gasteiger partial charge in [-0.05, 0) is 94.3 Å². The van der Waals surface area contributed by atoms with Gasteiger partial charge in [0, 0.05) is 22.7 Å². The number of urea groups is 2. The Balaban J connectivity index is 0.966. The number of benzene rings is 7. The molecule has 0 heterocycles. The summed E-state index contributed by atoms with van der Waals surface area (Å²) >= 11 is 0. The number of halogens is 4. The summed E-state index contributed by atoms with van der Waals surface area (Å²) in [6.07, 6.45) is 0. The summed E-state index contributed by atoms with van der Waals surface area (Å²) in [4.78, 5) is 25.0. The van der Waals surface area contributed by atoms with E-state index in [1.807, 2.05) is 72.8 Å². The predicted octanol–water partition coefficient (Wildman–Crippen LogP) is 11.4. The molecule has 4 N–H and O–H groups in total. The minimum Gasteiger partial charge on any atom is -0.451 e. The highest BCUT2D eigenvalue weighted by Gasteiger charge is 2.29. The second-order valence-corrected chi connectivity index (χ2v) is 11.4. The highest BCUT2D eigenvalue weighted by Crippen LogP contribution is 2.39. The van der Waals surface area contributed by atoms with E-state index in [0.29, 0.717) is 22.7 Å². The van der Waals surface area contributed by atoms with E-state index < -0.39 is 46.8 Å². The number of anilines is 4. The zero-order chi connectivity index (χ0) is 36.2. The van der Waals surface area contributed by atoms with Crippen molar-refractivity contribution in [2.24, 2.45) is 0 Å². The fourth-order valence-corrected chi connectivity index (χ4v) is 5.34. The van der Waals surface area contributed by atoms with Crippen molar-refractivity contribution in [1.82, 2.24) is 0 Å². The number of carbonyl (C=O) groups is 2. The second kappa shape index (κ2) is 14.4. The Kier molecular flexibility index (Phi) is 9.26. The topological polar surface area (TPSA) is 101 Å². The van der Waals surface area contributed by atoms with Crippen LogP contribution in [-0.2, 0) is 0 Å². The average molecular weight is 703 g/mol. The molecule has 258 valence electrons. The van der Waals surface area contributed by atoms with Crippen molar-refractivity contribution in [3.8, 4) is 23.0 Å². The third-order valence-corrected chi connectivity index (χ3v) is 7.86. The molecular weight excluding hydrogens is 676 g/mol. The lowest BCUT2D eigenvalue weighted by atomic mass is 10.1. The van der Waals surface area contributed by atoms with E-state index in [4.69, 9.17) is 9.47 Å². The zero-order valence-corrected chi connectivity index (χ0v) is 26.8. The van der Waals surface area contributed by atoms with Crippen LogP contribution in [-0.4, -0.2) is 12.1 Å². The molecule has 0 saturated carbocycles. The summed E-state index contributed by atoms with van der Waals surface area (Å²) in [7, 11) is 0. The second-order valence-electron chi connectivity index (χ2n) is 11.4. The van der Waals surface area contributed by atoms with Gasteiger partial charge in [-0.2, -0.15) is 17.6 Å². The van der Waals surface area contributed by atoms with Gasteiger partial charge in [0.05, 0.1) is 0 Å². The van der Waals surface area contributed by atoms with Crippen LogP contribution in [0.4, 0.5) is 49.9 Å². The molecule has 0 aliphatic rings. The van der Waals surface area contributed by atoms with E-state index in [0.717, 1.165) is 21.5 Å². The number of nitrogens with one attached hydrogen (secondary N) is 4. The van der Waals surface area contributed by atoms with Crippen LogP contribution in [0.1, 0.15) is 0 Å². The van der Waals surface area contributed by atoms with Gasteiger partial charge >= 0.3 is 12.1 Å². The number of ether oxygens (including phenoxy) is 2.